The van der Waals surface area contributed by atoms with Crippen LogP contribution in [0.25, 0.3) is 0 Å². The van der Waals surface area contributed by atoms with Gasteiger partial charge in [0.1, 0.15) is 0 Å². The molecule has 0 saturated heterocycles. The second kappa shape index (κ2) is 8.21. The topological polar surface area (TPSA) is 67.9 Å². The van der Waals surface area contributed by atoms with Gasteiger partial charge in [0.05, 0.1) is 19.5 Å². The number of nitrogens with one attached hydrogen (secondary N) is 1. The van der Waals surface area contributed by atoms with Gasteiger partial charge in [-0.05, 0) is 24.6 Å². The minimum absolute atomic E-state index is 0.0778. The van der Waals surface area contributed by atoms with Crippen LogP contribution < -0.4 is 14.8 Å². The van der Waals surface area contributed by atoms with E-state index < -0.39 is 10.0 Å². The van der Waals surface area contributed by atoms with E-state index in [1.54, 1.807) is 7.11 Å². The van der Waals surface area contributed by atoms with Crippen LogP contribution in [0.1, 0.15) is 12.5 Å². The van der Waals surface area contributed by atoms with E-state index in [0.29, 0.717) is 31.2 Å². The molecule has 0 radical (unpaired) electrons. The maximum Gasteiger partial charge on any atom is 0.214 e. The number of ether oxygens (including phenoxy) is 2. The minimum atomic E-state index is -3.15. The number of rotatable bonds is 9. The summed E-state index contributed by atoms with van der Waals surface area (Å²) in [6, 6.07) is 5.67. The van der Waals surface area contributed by atoms with Crippen molar-refractivity contribution in [2.75, 3.05) is 40.1 Å². The first-order chi connectivity index (χ1) is 9.90. The third kappa shape index (κ3) is 5.53. The molecule has 7 heteroatoms. The van der Waals surface area contributed by atoms with E-state index in [2.05, 4.69) is 5.32 Å². The van der Waals surface area contributed by atoms with Crippen LogP contribution in [0, 0.1) is 0 Å². The largest absolute Gasteiger partial charge is 0.493 e. The molecule has 1 N–H and O–H groups in total. The molecule has 0 fully saturated rings. The monoisotopic (exact) mass is 316 g/mol. The number of benzene rings is 1. The van der Waals surface area contributed by atoms with E-state index in [1.807, 2.05) is 25.1 Å². The lowest BCUT2D eigenvalue weighted by atomic mass is 10.2. The molecule has 0 aliphatic rings. The first kappa shape index (κ1) is 17.7. The molecule has 0 atom stereocenters. The average Bonchev–Trinajstić information content (AvgIpc) is 2.44. The fraction of sp³-hybridized carbons (Fsp3) is 0.571. The van der Waals surface area contributed by atoms with Gasteiger partial charge >= 0.3 is 0 Å². The average molecular weight is 316 g/mol. The Hall–Kier alpha value is -1.31. The van der Waals surface area contributed by atoms with Crippen LogP contribution in [-0.2, 0) is 16.6 Å². The zero-order chi connectivity index (χ0) is 15.9. The normalized spacial score (nSPS) is 11.7. The van der Waals surface area contributed by atoms with Crippen molar-refractivity contribution in [2.45, 2.75) is 13.5 Å². The summed E-state index contributed by atoms with van der Waals surface area (Å²) < 4.78 is 35.2. The van der Waals surface area contributed by atoms with Crippen LogP contribution in [0.4, 0.5) is 0 Å². The van der Waals surface area contributed by atoms with E-state index in [0.717, 1.165) is 5.56 Å². The Morgan fingerprint density at radius 3 is 2.52 bits per heavy atom. The Balaban J connectivity index is 2.54. The van der Waals surface area contributed by atoms with Crippen LogP contribution in [-0.4, -0.2) is 52.8 Å². The van der Waals surface area contributed by atoms with Crippen LogP contribution in [0.5, 0.6) is 11.5 Å². The molecule has 0 bridgehead atoms. The summed E-state index contributed by atoms with van der Waals surface area (Å²) >= 11 is 0. The predicted molar refractivity (Wildman–Crippen MR) is 83.3 cm³/mol. The highest BCUT2D eigenvalue weighted by Crippen LogP contribution is 2.27. The molecule has 120 valence electrons. The Kier molecular flexibility index (Phi) is 6.94. The first-order valence-corrected chi connectivity index (χ1v) is 8.42. The Morgan fingerprint density at radius 1 is 1.24 bits per heavy atom. The highest BCUT2D eigenvalue weighted by Gasteiger charge is 2.12. The van der Waals surface area contributed by atoms with Gasteiger partial charge in [0.2, 0.25) is 10.0 Å². The van der Waals surface area contributed by atoms with E-state index in [-0.39, 0.29) is 5.75 Å². The van der Waals surface area contributed by atoms with Gasteiger partial charge in [-0.3, -0.25) is 0 Å². The highest BCUT2D eigenvalue weighted by atomic mass is 32.2. The summed E-state index contributed by atoms with van der Waals surface area (Å²) in [5.74, 6) is 1.46. The van der Waals surface area contributed by atoms with Crippen LogP contribution in [0.2, 0.25) is 0 Å². The molecule has 0 spiro atoms. The van der Waals surface area contributed by atoms with Crippen molar-refractivity contribution >= 4 is 10.0 Å². The highest BCUT2D eigenvalue weighted by molar-refractivity contribution is 7.89. The number of hydrogen-bond donors (Lipinski definition) is 1. The summed E-state index contributed by atoms with van der Waals surface area (Å²) in [5, 5.41) is 3.12. The zero-order valence-electron chi connectivity index (χ0n) is 13.0. The smallest absolute Gasteiger partial charge is 0.214 e. The van der Waals surface area contributed by atoms with Gasteiger partial charge in [0.25, 0.3) is 0 Å². The Bertz CT molecular complexity index is 544. The van der Waals surface area contributed by atoms with Crippen molar-refractivity contribution in [1.29, 1.82) is 0 Å². The summed E-state index contributed by atoms with van der Waals surface area (Å²) in [4.78, 5) is 0. The molecule has 0 heterocycles. The number of sulfonamides is 1. The maximum absolute atomic E-state index is 11.6. The van der Waals surface area contributed by atoms with E-state index >= 15 is 0 Å². The lowest BCUT2D eigenvalue weighted by Gasteiger charge is -2.13. The van der Waals surface area contributed by atoms with Gasteiger partial charge in [0.15, 0.2) is 11.5 Å². The van der Waals surface area contributed by atoms with Crippen molar-refractivity contribution in [3.05, 3.63) is 23.8 Å². The molecule has 0 aliphatic heterocycles. The van der Waals surface area contributed by atoms with Crippen molar-refractivity contribution in [1.82, 2.24) is 9.62 Å². The summed E-state index contributed by atoms with van der Waals surface area (Å²) in [7, 11) is 1.51. The fourth-order valence-corrected chi connectivity index (χ4v) is 2.48. The lowest BCUT2D eigenvalue weighted by molar-refractivity contribution is 0.310. The van der Waals surface area contributed by atoms with E-state index in [1.165, 1.54) is 18.4 Å². The minimum Gasteiger partial charge on any atom is -0.493 e. The van der Waals surface area contributed by atoms with Gasteiger partial charge in [-0.2, -0.15) is 0 Å². The SMILES string of the molecule is CCOc1cc(CNCCS(=O)(=O)N(C)C)ccc1OC. The van der Waals surface area contributed by atoms with Gasteiger partial charge in [-0.1, -0.05) is 6.07 Å². The van der Waals surface area contributed by atoms with Crippen molar-refractivity contribution < 1.29 is 17.9 Å². The molecule has 0 aromatic heterocycles. The van der Waals surface area contributed by atoms with Crippen LogP contribution in [0.3, 0.4) is 0 Å². The first-order valence-electron chi connectivity index (χ1n) is 6.81. The second-order valence-electron chi connectivity index (χ2n) is 4.69. The van der Waals surface area contributed by atoms with Gasteiger partial charge in [0, 0.05) is 27.2 Å². The molecule has 0 saturated carbocycles. The number of methoxy groups -OCH3 is 1. The molecular weight excluding hydrogens is 292 g/mol. The molecule has 0 amide bonds. The van der Waals surface area contributed by atoms with Gasteiger partial charge in [-0.25, -0.2) is 12.7 Å². The molecule has 1 rings (SSSR count). The Morgan fingerprint density at radius 2 is 1.95 bits per heavy atom. The lowest BCUT2D eigenvalue weighted by Crippen LogP contribution is -2.31. The molecular formula is C14H24N2O4S. The molecule has 1 aromatic carbocycles. The Labute approximate surface area is 127 Å². The van der Waals surface area contributed by atoms with Crippen LogP contribution in [0.15, 0.2) is 18.2 Å². The van der Waals surface area contributed by atoms with Gasteiger partial charge in [-0.15, -0.1) is 0 Å². The van der Waals surface area contributed by atoms with Crippen molar-refractivity contribution in [3.63, 3.8) is 0 Å². The quantitative estimate of drug-likeness (QED) is 0.690. The van der Waals surface area contributed by atoms with E-state index in [4.69, 9.17) is 9.47 Å². The summed E-state index contributed by atoms with van der Waals surface area (Å²) in [5.41, 5.74) is 1.02. The number of hydrogen-bond acceptors (Lipinski definition) is 5. The molecule has 0 aliphatic carbocycles. The fourth-order valence-electron chi connectivity index (χ4n) is 1.72. The summed E-state index contributed by atoms with van der Waals surface area (Å²) in [6.07, 6.45) is 0. The third-order valence-corrected chi connectivity index (χ3v) is 4.78. The zero-order valence-corrected chi connectivity index (χ0v) is 13.9. The molecule has 6 nitrogen and oxygen atoms in total. The maximum atomic E-state index is 11.6. The third-order valence-electron chi connectivity index (χ3n) is 2.95. The van der Waals surface area contributed by atoms with Crippen molar-refractivity contribution in [3.8, 4) is 11.5 Å². The molecule has 0 unspecified atom stereocenters. The van der Waals surface area contributed by atoms with Crippen LogP contribution >= 0.6 is 0 Å². The standard InChI is InChI=1S/C14H24N2O4S/c1-5-20-14-10-12(6-7-13(14)19-4)11-15-8-9-21(17,18)16(2)3/h6-7,10,15H,5,8-9,11H2,1-4H3. The predicted octanol–water partition coefficient (Wildman–Crippen LogP) is 1.07. The van der Waals surface area contributed by atoms with Gasteiger partial charge < -0.3 is 14.8 Å². The van der Waals surface area contributed by atoms with E-state index in [9.17, 15) is 8.42 Å². The van der Waals surface area contributed by atoms with Crippen molar-refractivity contribution in [2.24, 2.45) is 0 Å². The molecule has 21 heavy (non-hydrogen) atoms. The number of nitrogens with zero attached hydrogens (tertiary/aromatic N) is 1. The molecule has 1 aromatic rings. The summed E-state index contributed by atoms with van der Waals surface area (Å²) in [6.45, 7) is 3.45. The second-order valence-corrected chi connectivity index (χ2v) is 7.00.